The topological polar surface area (TPSA) is 35.2 Å². The molecule has 70 valence electrons. The average molecular weight is 181 g/mol. The van der Waals surface area contributed by atoms with Crippen molar-refractivity contribution in [3.8, 4) is 5.75 Å². The molecule has 0 bridgehead atoms. The first-order valence-corrected chi connectivity index (χ1v) is 4.46. The lowest BCUT2D eigenvalue weighted by Gasteiger charge is -2.11. The van der Waals surface area contributed by atoms with Gasteiger partial charge in [-0.25, -0.2) is 4.39 Å². The van der Waals surface area contributed by atoms with Gasteiger partial charge in [0.25, 0.3) is 0 Å². The van der Waals surface area contributed by atoms with Crippen molar-refractivity contribution in [2.24, 2.45) is 5.73 Å². The minimum atomic E-state index is -0.310. The standard InChI is InChI=1S/C10H12FNO/c11-8-4-1-3-7-9(12)5-2-6-13-10(7)8/h1,3-4,9H,2,5-6,12H2/t9-/m0/s1. The van der Waals surface area contributed by atoms with Gasteiger partial charge in [0, 0.05) is 11.6 Å². The van der Waals surface area contributed by atoms with Crippen LogP contribution in [-0.4, -0.2) is 6.61 Å². The molecule has 0 saturated carbocycles. The Labute approximate surface area is 76.5 Å². The van der Waals surface area contributed by atoms with Gasteiger partial charge in [0.05, 0.1) is 6.61 Å². The second-order valence-electron chi connectivity index (χ2n) is 3.26. The van der Waals surface area contributed by atoms with Crippen LogP contribution in [0.25, 0.3) is 0 Å². The molecule has 1 aliphatic rings. The van der Waals surface area contributed by atoms with Crippen LogP contribution in [-0.2, 0) is 0 Å². The van der Waals surface area contributed by atoms with Crippen molar-refractivity contribution in [2.45, 2.75) is 18.9 Å². The molecule has 13 heavy (non-hydrogen) atoms. The summed E-state index contributed by atoms with van der Waals surface area (Å²) in [6.07, 6.45) is 1.74. The van der Waals surface area contributed by atoms with E-state index in [0.29, 0.717) is 12.4 Å². The lowest BCUT2D eigenvalue weighted by atomic mass is 10.0. The normalized spacial score (nSPS) is 21.5. The summed E-state index contributed by atoms with van der Waals surface area (Å²) >= 11 is 0. The average Bonchev–Trinajstić information content (AvgIpc) is 2.30. The number of hydrogen-bond donors (Lipinski definition) is 1. The summed E-state index contributed by atoms with van der Waals surface area (Å²) in [6.45, 7) is 0.557. The molecule has 2 nitrogen and oxygen atoms in total. The maximum Gasteiger partial charge on any atom is 0.165 e. The van der Waals surface area contributed by atoms with Crippen LogP contribution in [0.15, 0.2) is 18.2 Å². The first kappa shape index (κ1) is 8.51. The Morgan fingerprint density at radius 2 is 2.31 bits per heavy atom. The van der Waals surface area contributed by atoms with Gasteiger partial charge in [-0.15, -0.1) is 0 Å². The van der Waals surface area contributed by atoms with Crippen LogP contribution < -0.4 is 10.5 Å². The van der Waals surface area contributed by atoms with Gasteiger partial charge in [0.15, 0.2) is 11.6 Å². The summed E-state index contributed by atoms with van der Waals surface area (Å²) in [6, 6.07) is 4.81. The Kier molecular flexibility index (Phi) is 2.19. The third-order valence-corrected chi connectivity index (χ3v) is 2.30. The summed E-state index contributed by atoms with van der Waals surface area (Å²) in [7, 11) is 0. The molecule has 1 aromatic rings. The molecule has 3 heteroatoms. The Balaban J connectivity index is 2.47. The number of nitrogens with two attached hydrogens (primary N) is 1. The number of fused-ring (bicyclic) bond motifs is 1. The number of hydrogen-bond acceptors (Lipinski definition) is 2. The van der Waals surface area contributed by atoms with Crippen LogP contribution in [0.4, 0.5) is 4.39 Å². The molecule has 2 rings (SSSR count). The van der Waals surface area contributed by atoms with Crippen LogP contribution in [0.2, 0.25) is 0 Å². The molecule has 0 amide bonds. The molecular formula is C10H12FNO. The van der Waals surface area contributed by atoms with E-state index in [-0.39, 0.29) is 11.9 Å². The van der Waals surface area contributed by atoms with Crippen molar-refractivity contribution >= 4 is 0 Å². The van der Waals surface area contributed by atoms with E-state index in [1.807, 2.05) is 6.07 Å². The van der Waals surface area contributed by atoms with E-state index in [0.717, 1.165) is 18.4 Å². The van der Waals surface area contributed by atoms with Crippen LogP contribution >= 0.6 is 0 Å². The van der Waals surface area contributed by atoms with Gasteiger partial charge in [0.2, 0.25) is 0 Å². The maximum absolute atomic E-state index is 13.2. The zero-order valence-corrected chi connectivity index (χ0v) is 7.29. The van der Waals surface area contributed by atoms with Crippen LogP contribution in [0.3, 0.4) is 0 Å². The predicted octanol–water partition coefficient (Wildman–Crippen LogP) is 2.00. The lowest BCUT2D eigenvalue weighted by Crippen LogP contribution is -2.09. The van der Waals surface area contributed by atoms with E-state index in [1.165, 1.54) is 6.07 Å². The van der Waals surface area contributed by atoms with E-state index in [2.05, 4.69) is 0 Å². The van der Waals surface area contributed by atoms with E-state index >= 15 is 0 Å². The first-order valence-electron chi connectivity index (χ1n) is 4.46. The molecule has 0 spiro atoms. The smallest absolute Gasteiger partial charge is 0.165 e. The lowest BCUT2D eigenvalue weighted by molar-refractivity contribution is 0.301. The summed E-state index contributed by atoms with van der Waals surface area (Å²) in [4.78, 5) is 0. The van der Waals surface area contributed by atoms with E-state index in [1.54, 1.807) is 6.07 Å². The maximum atomic E-state index is 13.2. The van der Waals surface area contributed by atoms with E-state index in [4.69, 9.17) is 10.5 Å². The molecular weight excluding hydrogens is 169 g/mol. The highest BCUT2D eigenvalue weighted by atomic mass is 19.1. The van der Waals surface area contributed by atoms with Crippen molar-refractivity contribution in [1.82, 2.24) is 0 Å². The highest BCUT2D eigenvalue weighted by Gasteiger charge is 2.18. The summed E-state index contributed by atoms with van der Waals surface area (Å²) in [5.41, 5.74) is 6.66. The molecule has 0 aromatic heterocycles. The SMILES string of the molecule is N[C@H]1CCCOc2c(F)cccc21. The Hall–Kier alpha value is -1.09. The molecule has 1 heterocycles. The van der Waals surface area contributed by atoms with E-state index in [9.17, 15) is 4.39 Å². The van der Waals surface area contributed by atoms with Crippen LogP contribution in [0.5, 0.6) is 5.75 Å². The second kappa shape index (κ2) is 3.34. The van der Waals surface area contributed by atoms with Crippen LogP contribution in [0, 0.1) is 5.82 Å². The molecule has 0 saturated heterocycles. The monoisotopic (exact) mass is 181 g/mol. The Bertz CT molecular complexity index is 314. The summed E-state index contributed by atoms with van der Waals surface area (Å²) in [5, 5.41) is 0. The summed E-state index contributed by atoms with van der Waals surface area (Å²) < 4.78 is 18.5. The molecule has 0 radical (unpaired) electrons. The van der Waals surface area contributed by atoms with Crippen LogP contribution in [0.1, 0.15) is 24.4 Å². The molecule has 0 unspecified atom stereocenters. The second-order valence-corrected chi connectivity index (χ2v) is 3.26. The van der Waals surface area contributed by atoms with Crippen molar-refractivity contribution in [1.29, 1.82) is 0 Å². The van der Waals surface area contributed by atoms with Crippen molar-refractivity contribution in [2.75, 3.05) is 6.61 Å². The fraction of sp³-hybridized carbons (Fsp3) is 0.400. The minimum absolute atomic E-state index is 0.0896. The van der Waals surface area contributed by atoms with Gasteiger partial charge in [0.1, 0.15) is 0 Å². The van der Waals surface area contributed by atoms with E-state index < -0.39 is 0 Å². The highest BCUT2D eigenvalue weighted by Crippen LogP contribution is 2.31. The Morgan fingerprint density at radius 1 is 1.46 bits per heavy atom. The third kappa shape index (κ3) is 1.52. The zero-order valence-electron chi connectivity index (χ0n) is 7.29. The fourth-order valence-electron chi connectivity index (χ4n) is 1.60. The molecule has 1 aromatic carbocycles. The highest BCUT2D eigenvalue weighted by molar-refractivity contribution is 5.37. The number of ether oxygens (including phenoxy) is 1. The quantitative estimate of drug-likeness (QED) is 0.664. The Morgan fingerprint density at radius 3 is 3.15 bits per heavy atom. The first-order chi connectivity index (χ1) is 6.29. The van der Waals surface area contributed by atoms with Crippen molar-refractivity contribution < 1.29 is 9.13 Å². The molecule has 1 atom stereocenters. The molecule has 0 fully saturated rings. The fourth-order valence-corrected chi connectivity index (χ4v) is 1.60. The third-order valence-electron chi connectivity index (χ3n) is 2.30. The van der Waals surface area contributed by atoms with Crippen molar-refractivity contribution in [3.63, 3.8) is 0 Å². The molecule has 2 N–H and O–H groups in total. The van der Waals surface area contributed by atoms with Gasteiger partial charge in [-0.2, -0.15) is 0 Å². The zero-order chi connectivity index (χ0) is 9.26. The molecule has 1 aliphatic heterocycles. The minimum Gasteiger partial charge on any atom is -0.490 e. The number of benzene rings is 1. The summed E-state index contributed by atoms with van der Waals surface area (Å²) in [5.74, 6) is 0.0300. The predicted molar refractivity (Wildman–Crippen MR) is 48.1 cm³/mol. The van der Waals surface area contributed by atoms with Gasteiger partial charge in [-0.05, 0) is 18.9 Å². The number of rotatable bonds is 0. The number of halogens is 1. The van der Waals surface area contributed by atoms with Gasteiger partial charge in [-0.1, -0.05) is 12.1 Å². The van der Waals surface area contributed by atoms with Gasteiger partial charge >= 0.3 is 0 Å². The van der Waals surface area contributed by atoms with Crippen molar-refractivity contribution in [3.05, 3.63) is 29.6 Å². The van der Waals surface area contributed by atoms with Gasteiger partial charge < -0.3 is 10.5 Å². The molecule has 0 aliphatic carbocycles. The largest absolute Gasteiger partial charge is 0.490 e. The number of para-hydroxylation sites is 1. The van der Waals surface area contributed by atoms with Gasteiger partial charge in [-0.3, -0.25) is 0 Å².